The molecule has 1 aliphatic rings. The maximum Gasteiger partial charge on any atom is 0.265 e. The number of sulfonamides is 1. The normalized spacial score (nSPS) is 17.4. The third kappa shape index (κ3) is 3.57. The number of nitrogens with zero attached hydrogens (tertiary/aromatic N) is 2. The molecule has 0 bridgehead atoms. The van der Waals surface area contributed by atoms with Crippen molar-refractivity contribution < 1.29 is 13.2 Å². The van der Waals surface area contributed by atoms with Crippen LogP contribution >= 0.6 is 12.4 Å². The van der Waals surface area contributed by atoms with E-state index in [4.69, 9.17) is 11.5 Å². The number of nitrogens with two attached hydrogens (primary N) is 2. The lowest BCUT2D eigenvalue weighted by atomic mass is 9.99. The van der Waals surface area contributed by atoms with Crippen molar-refractivity contribution in [1.82, 2.24) is 8.87 Å². The lowest BCUT2D eigenvalue weighted by molar-refractivity contribution is 0.0992. The van der Waals surface area contributed by atoms with Crippen LogP contribution in [0.1, 0.15) is 23.3 Å². The van der Waals surface area contributed by atoms with Gasteiger partial charge in [0.15, 0.2) is 0 Å². The van der Waals surface area contributed by atoms with Gasteiger partial charge in [-0.15, -0.1) is 12.4 Å². The van der Waals surface area contributed by atoms with Crippen molar-refractivity contribution in [3.8, 4) is 0 Å². The van der Waals surface area contributed by atoms with Crippen molar-refractivity contribution >= 4 is 28.3 Å². The highest BCUT2D eigenvalue weighted by atomic mass is 35.5. The van der Waals surface area contributed by atoms with Gasteiger partial charge in [-0.3, -0.25) is 4.79 Å². The van der Waals surface area contributed by atoms with E-state index < -0.39 is 15.9 Å². The second-order valence-electron chi connectivity index (χ2n) is 5.12. The van der Waals surface area contributed by atoms with Gasteiger partial charge < -0.3 is 16.0 Å². The third-order valence-electron chi connectivity index (χ3n) is 3.78. The van der Waals surface area contributed by atoms with Crippen LogP contribution in [0, 0.1) is 5.92 Å². The van der Waals surface area contributed by atoms with Crippen molar-refractivity contribution in [1.29, 1.82) is 0 Å². The molecule has 1 aliphatic heterocycles. The number of piperidine rings is 1. The van der Waals surface area contributed by atoms with Crippen molar-refractivity contribution in [2.24, 2.45) is 24.4 Å². The van der Waals surface area contributed by atoms with E-state index in [1.807, 2.05) is 0 Å². The van der Waals surface area contributed by atoms with Crippen LogP contribution in [-0.4, -0.2) is 42.8 Å². The van der Waals surface area contributed by atoms with Gasteiger partial charge in [-0.05, 0) is 31.4 Å². The fourth-order valence-corrected chi connectivity index (χ4v) is 4.00. The molecule has 120 valence electrons. The Morgan fingerprint density at radius 2 is 1.95 bits per heavy atom. The number of rotatable bonds is 4. The van der Waals surface area contributed by atoms with E-state index in [2.05, 4.69) is 0 Å². The molecule has 2 rings (SSSR count). The fraction of sp³-hybridized carbons (Fsp3) is 0.583. The van der Waals surface area contributed by atoms with Crippen LogP contribution in [0.15, 0.2) is 17.2 Å². The topological polar surface area (TPSA) is 111 Å². The van der Waals surface area contributed by atoms with Gasteiger partial charge in [0.25, 0.3) is 5.91 Å². The average Bonchev–Trinajstić information content (AvgIpc) is 2.82. The van der Waals surface area contributed by atoms with Crippen LogP contribution in [-0.2, 0) is 17.1 Å². The molecule has 9 heteroatoms. The van der Waals surface area contributed by atoms with Crippen molar-refractivity contribution in [2.45, 2.75) is 17.7 Å². The number of primary amides is 1. The molecule has 0 radical (unpaired) electrons. The summed E-state index contributed by atoms with van der Waals surface area (Å²) in [4.78, 5) is 11.3. The van der Waals surface area contributed by atoms with Crippen LogP contribution in [0.25, 0.3) is 0 Å². The van der Waals surface area contributed by atoms with E-state index in [9.17, 15) is 13.2 Å². The van der Waals surface area contributed by atoms with Gasteiger partial charge in [-0.1, -0.05) is 0 Å². The molecular weight excluding hydrogens is 316 g/mol. The molecule has 0 spiro atoms. The van der Waals surface area contributed by atoms with Crippen molar-refractivity contribution in [3.63, 3.8) is 0 Å². The van der Waals surface area contributed by atoms with Gasteiger partial charge in [-0.2, -0.15) is 4.31 Å². The van der Waals surface area contributed by atoms with Crippen molar-refractivity contribution in [3.05, 3.63) is 18.0 Å². The summed E-state index contributed by atoms with van der Waals surface area (Å²) in [5, 5.41) is 0. The standard InChI is InChI=1S/C12H20N4O3S.ClH/c1-15-8-10(6-11(15)12(14)17)20(18,19)16-4-2-9(7-13)3-5-16;/h6,8-9H,2-5,7,13H2,1H3,(H2,14,17);1H. The first kappa shape index (κ1) is 18.0. The number of halogens is 1. The molecule has 1 aromatic heterocycles. The lowest BCUT2D eigenvalue weighted by Gasteiger charge is -2.30. The summed E-state index contributed by atoms with van der Waals surface area (Å²) in [6.07, 6.45) is 2.96. The Bertz CT molecular complexity index is 606. The highest BCUT2D eigenvalue weighted by molar-refractivity contribution is 7.89. The molecule has 4 N–H and O–H groups in total. The zero-order valence-corrected chi connectivity index (χ0v) is 13.5. The summed E-state index contributed by atoms with van der Waals surface area (Å²) in [5.74, 6) is -0.255. The number of carbonyl (C=O) groups excluding carboxylic acids is 1. The van der Waals surface area contributed by atoms with Gasteiger partial charge in [0.05, 0.1) is 0 Å². The van der Waals surface area contributed by atoms with Gasteiger partial charge in [-0.25, -0.2) is 8.42 Å². The van der Waals surface area contributed by atoms with Gasteiger partial charge in [0, 0.05) is 26.3 Å². The first-order valence-corrected chi connectivity index (χ1v) is 7.96. The molecule has 0 unspecified atom stereocenters. The second kappa shape index (κ2) is 6.78. The van der Waals surface area contributed by atoms with Crippen LogP contribution in [0.5, 0.6) is 0 Å². The predicted octanol–water partition coefficient (Wildman–Crippen LogP) is -0.0948. The SMILES string of the molecule is Cl.Cn1cc(S(=O)(=O)N2CCC(CN)CC2)cc1C(N)=O. The van der Waals surface area contributed by atoms with Gasteiger partial charge >= 0.3 is 0 Å². The first-order chi connectivity index (χ1) is 9.36. The molecular formula is C12H21ClN4O3S. The quantitative estimate of drug-likeness (QED) is 0.799. The van der Waals surface area contributed by atoms with E-state index in [1.54, 1.807) is 7.05 Å². The lowest BCUT2D eigenvalue weighted by Crippen LogP contribution is -2.39. The molecule has 2 heterocycles. The van der Waals surface area contributed by atoms with E-state index in [-0.39, 0.29) is 23.0 Å². The van der Waals surface area contributed by atoms with E-state index in [0.29, 0.717) is 25.6 Å². The average molecular weight is 337 g/mol. The highest BCUT2D eigenvalue weighted by Gasteiger charge is 2.30. The van der Waals surface area contributed by atoms with E-state index in [0.717, 1.165) is 12.8 Å². The molecule has 0 aromatic carbocycles. The Balaban J connectivity index is 0.00000220. The number of aromatic nitrogens is 1. The summed E-state index contributed by atoms with van der Waals surface area (Å²) in [7, 11) is -1.97. The maximum atomic E-state index is 12.5. The molecule has 1 saturated heterocycles. The number of aryl methyl sites for hydroxylation is 1. The Morgan fingerprint density at radius 1 is 1.38 bits per heavy atom. The predicted molar refractivity (Wildman–Crippen MR) is 81.7 cm³/mol. The van der Waals surface area contributed by atoms with E-state index >= 15 is 0 Å². The smallest absolute Gasteiger partial charge is 0.265 e. The number of carbonyl (C=O) groups is 1. The third-order valence-corrected chi connectivity index (χ3v) is 5.64. The Labute approximate surface area is 130 Å². The van der Waals surface area contributed by atoms with Crippen LogP contribution in [0.3, 0.4) is 0 Å². The summed E-state index contributed by atoms with van der Waals surface area (Å²) in [6.45, 7) is 1.51. The summed E-state index contributed by atoms with van der Waals surface area (Å²) in [5.41, 5.74) is 11.0. The minimum absolute atomic E-state index is 0. The summed E-state index contributed by atoms with van der Waals surface area (Å²) in [6, 6.07) is 1.33. The Morgan fingerprint density at radius 3 is 2.38 bits per heavy atom. The maximum absolute atomic E-state index is 12.5. The molecule has 1 fully saturated rings. The van der Waals surface area contributed by atoms with Gasteiger partial charge in [0.1, 0.15) is 10.6 Å². The largest absolute Gasteiger partial charge is 0.364 e. The zero-order chi connectivity index (χ0) is 14.9. The first-order valence-electron chi connectivity index (χ1n) is 6.52. The fourth-order valence-electron chi connectivity index (χ4n) is 2.45. The van der Waals surface area contributed by atoms with Crippen LogP contribution < -0.4 is 11.5 Å². The summed E-state index contributed by atoms with van der Waals surface area (Å²) >= 11 is 0. The van der Waals surface area contributed by atoms with Crippen molar-refractivity contribution in [2.75, 3.05) is 19.6 Å². The molecule has 7 nitrogen and oxygen atoms in total. The zero-order valence-electron chi connectivity index (χ0n) is 11.9. The van der Waals surface area contributed by atoms with E-state index in [1.165, 1.54) is 21.1 Å². The number of amides is 1. The number of hydrogen-bond acceptors (Lipinski definition) is 4. The molecule has 1 aromatic rings. The Hall–Kier alpha value is -1.09. The summed E-state index contributed by atoms with van der Waals surface area (Å²) < 4.78 is 27.9. The molecule has 0 aliphatic carbocycles. The second-order valence-corrected chi connectivity index (χ2v) is 7.06. The van der Waals surface area contributed by atoms with Crippen LogP contribution in [0.2, 0.25) is 0 Å². The van der Waals surface area contributed by atoms with Crippen LogP contribution in [0.4, 0.5) is 0 Å². The molecule has 0 saturated carbocycles. The van der Waals surface area contributed by atoms with Gasteiger partial charge in [0.2, 0.25) is 10.0 Å². The Kier molecular flexibility index (Phi) is 5.80. The highest BCUT2D eigenvalue weighted by Crippen LogP contribution is 2.24. The minimum atomic E-state index is -3.56. The molecule has 21 heavy (non-hydrogen) atoms. The molecule has 1 amide bonds. The number of hydrogen-bond donors (Lipinski definition) is 2. The minimum Gasteiger partial charge on any atom is -0.364 e. The monoisotopic (exact) mass is 336 g/mol. The molecule has 0 atom stereocenters.